The van der Waals surface area contributed by atoms with Crippen molar-refractivity contribution >= 4 is 5.69 Å². The summed E-state index contributed by atoms with van der Waals surface area (Å²) in [4.78, 5) is 0. The second kappa shape index (κ2) is 3.82. The van der Waals surface area contributed by atoms with E-state index in [1.807, 2.05) is 24.3 Å². The van der Waals surface area contributed by atoms with Crippen LogP contribution in [-0.2, 0) is 0 Å². The number of nitrogens with zero attached hydrogens (tertiary/aromatic N) is 1. The monoisotopic (exact) mass is 202 g/mol. The number of methoxy groups -OCH3 is 1. The van der Waals surface area contributed by atoms with Gasteiger partial charge in [0.15, 0.2) is 0 Å². The number of anilines is 1. The highest BCUT2D eigenvalue weighted by atomic mass is 16.5. The van der Waals surface area contributed by atoms with Gasteiger partial charge in [-0.3, -0.25) is 0 Å². The second-order valence-electron chi connectivity index (χ2n) is 3.87. The van der Waals surface area contributed by atoms with Gasteiger partial charge in [-0.25, -0.2) is 0 Å². The molecule has 2 rings (SSSR count). The summed E-state index contributed by atoms with van der Waals surface area (Å²) in [5.41, 5.74) is 0.538. The van der Waals surface area contributed by atoms with Gasteiger partial charge in [-0.2, -0.15) is 5.26 Å². The zero-order chi connectivity index (χ0) is 10.7. The summed E-state index contributed by atoms with van der Waals surface area (Å²) in [6.07, 6.45) is 2.96. The van der Waals surface area contributed by atoms with Crippen LogP contribution in [0.1, 0.15) is 19.3 Å². The summed E-state index contributed by atoms with van der Waals surface area (Å²) in [5, 5.41) is 12.4. The van der Waals surface area contributed by atoms with Crippen LogP contribution in [-0.4, -0.2) is 12.6 Å². The molecular formula is C12H14N2O. The maximum Gasteiger partial charge on any atom is 0.141 e. The van der Waals surface area contributed by atoms with Crippen molar-refractivity contribution in [1.29, 1.82) is 5.26 Å². The van der Waals surface area contributed by atoms with Crippen LogP contribution in [0, 0.1) is 11.3 Å². The molecule has 1 aliphatic rings. The van der Waals surface area contributed by atoms with Gasteiger partial charge in [-0.1, -0.05) is 12.1 Å². The third kappa shape index (κ3) is 1.75. The topological polar surface area (TPSA) is 45.0 Å². The fourth-order valence-electron chi connectivity index (χ4n) is 1.80. The maximum absolute atomic E-state index is 9.11. The lowest BCUT2D eigenvalue weighted by Crippen LogP contribution is -2.43. The Morgan fingerprint density at radius 2 is 2.13 bits per heavy atom. The minimum atomic E-state index is -0.366. The average molecular weight is 202 g/mol. The SMILES string of the molecule is COc1ccccc1NC1(C#N)CCC1. The smallest absolute Gasteiger partial charge is 0.141 e. The molecule has 0 bridgehead atoms. The lowest BCUT2D eigenvalue weighted by Gasteiger charge is -2.37. The summed E-state index contributed by atoms with van der Waals surface area (Å²) in [7, 11) is 1.64. The van der Waals surface area contributed by atoms with E-state index in [1.165, 1.54) is 0 Å². The van der Waals surface area contributed by atoms with Crippen molar-refractivity contribution in [2.75, 3.05) is 12.4 Å². The summed E-state index contributed by atoms with van der Waals surface area (Å²) < 4.78 is 5.23. The number of nitrogens with one attached hydrogen (secondary N) is 1. The van der Waals surface area contributed by atoms with Crippen molar-refractivity contribution in [3.63, 3.8) is 0 Å². The van der Waals surface area contributed by atoms with Crippen molar-refractivity contribution in [2.24, 2.45) is 0 Å². The zero-order valence-corrected chi connectivity index (χ0v) is 8.79. The fourth-order valence-corrected chi connectivity index (χ4v) is 1.80. The number of hydrogen-bond donors (Lipinski definition) is 1. The van der Waals surface area contributed by atoms with Gasteiger partial charge in [0.05, 0.1) is 18.9 Å². The molecule has 0 atom stereocenters. The van der Waals surface area contributed by atoms with Gasteiger partial charge in [0, 0.05) is 0 Å². The Morgan fingerprint density at radius 3 is 2.67 bits per heavy atom. The summed E-state index contributed by atoms with van der Waals surface area (Å²) in [6, 6.07) is 10.0. The third-order valence-electron chi connectivity index (χ3n) is 2.90. The molecule has 0 radical (unpaired) electrons. The molecule has 0 saturated heterocycles. The molecule has 0 amide bonds. The molecule has 3 nitrogen and oxygen atoms in total. The van der Waals surface area contributed by atoms with E-state index in [0.717, 1.165) is 30.7 Å². The first-order valence-corrected chi connectivity index (χ1v) is 5.12. The van der Waals surface area contributed by atoms with Gasteiger partial charge in [-0.05, 0) is 31.4 Å². The highest BCUT2D eigenvalue weighted by molar-refractivity contribution is 5.59. The zero-order valence-electron chi connectivity index (χ0n) is 8.79. The van der Waals surface area contributed by atoms with Gasteiger partial charge in [0.2, 0.25) is 0 Å². The highest BCUT2D eigenvalue weighted by Gasteiger charge is 2.37. The average Bonchev–Trinajstić information content (AvgIpc) is 2.24. The van der Waals surface area contributed by atoms with E-state index >= 15 is 0 Å². The molecule has 0 unspecified atom stereocenters. The van der Waals surface area contributed by atoms with Crippen molar-refractivity contribution < 1.29 is 4.74 Å². The largest absolute Gasteiger partial charge is 0.495 e. The normalized spacial score (nSPS) is 17.3. The van der Waals surface area contributed by atoms with Crippen LogP contribution < -0.4 is 10.1 Å². The second-order valence-corrected chi connectivity index (χ2v) is 3.87. The van der Waals surface area contributed by atoms with E-state index < -0.39 is 0 Å². The Morgan fingerprint density at radius 1 is 1.40 bits per heavy atom. The van der Waals surface area contributed by atoms with Crippen LogP contribution in [0.5, 0.6) is 5.75 Å². The van der Waals surface area contributed by atoms with Gasteiger partial charge >= 0.3 is 0 Å². The van der Waals surface area contributed by atoms with E-state index in [9.17, 15) is 0 Å². The van der Waals surface area contributed by atoms with E-state index in [0.29, 0.717) is 0 Å². The molecule has 78 valence electrons. The van der Waals surface area contributed by atoms with E-state index in [4.69, 9.17) is 10.00 Å². The Balaban J connectivity index is 2.20. The first-order valence-electron chi connectivity index (χ1n) is 5.12. The number of benzene rings is 1. The van der Waals surface area contributed by atoms with Crippen molar-refractivity contribution in [3.05, 3.63) is 24.3 Å². The number of nitriles is 1. The lowest BCUT2D eigenvalue weighted by atomic mass is 9.78. The predicted molar refractivity (Wildman–Crippen MR) is 58.8 cm³/mol. The van der Waals surface area contributed by atoms with Crippen molar-refractivity contribution in [2.45, 2.75) is 24.8 Å². The predicted octanol–water partition coefficient (Wildman–Crippen LogP) is 2.55. The molecule has 3 heteroatoms. The minimum absolute atomic E-state index is 0.366. The van der Waals surface area contributed by atoms with Gasteiger partial charge < -0.3 is 10.1 Å². The van der Waals surface area contributed by atoms with E-state index in [2.05, 4.69) is 11.4 Å². The molecule has 1 saturated carbocycles. The van der Waals surface area contributed by atoms with Crippen LogP contribution >= 0.6 is 0 Å². The van der Waals surface area contributed by atoms with Crippen LogP contribution in [0.2, 0.25) is 0 Å². The number of rotatable bonds is 3. The molecule has 0 heterocycles. The molecule has 1 aromatic rings. The quantitative estimate of drug-likeness (QED) is 0.819. The fraction of sp³-hybridized carbons (Fsp3) is 0.417. The number of hydrogen-bond acceptors (Lipinski definition) is 3. The molecule has 1 fully saturated rings. The van der Waals surface area contributed by atoms with Crippen LogP contribution in [0.4, 0.5) is 5.69 Å². The Hall–Kier alpha value is -1.69. The van der Waals surface area contributed by atoms with Crippen molar-refractivity contribution in [1.82, 2.24) is 0 Å². The molecular weight excluding hydrogens is 188 g/mol. The number of ether oxygens (including phenoxy) is 1. The maximum atomic E-state index is 9.11. The molecule has 15 heavy (non-hydrogen) atoms. The number of para-hydroxylation sites is 2. The molecule has 0 spiro atoms. The molecule has 0 aromatic heterocycles. The van der Waals surface area contributed by atoms with E-state index in [1.54, 1.807) is 7.11 Å². The Bertz CT molecular complexity index is 391. The standard InChI is InChI=1S/C12H14N2O/c1-15-11-6-3-2-5-10(11)14-12(9-13)7-4-8-12/h2-3,5-6,14H,4,7-8H2,1H3. The van der Waals surface area contributed by atoms with Gasteiger partial charge in [0.25, 0.3) is 0 Å². The Labute approximate surface area is 89.7 Å². The molecule has 1 aliphatic carbocycles. The summed E-state index contributed by atoms with van der Waals surface area (Å²) >= 11 is 0. The first-order chi connectivity index (χ1) is 7.29. The van der Waals surface area contributed by atoms with Crippen LogP contribution in [0.25, 0.3) is 0 Å². The van der Waals surface area contributed by atoms with E-state index in [-0.39, 0.29) is 5.54 Å². The molecule has 1 aromatic carbocycles. The first kappa shape index (κ1) is 9.85. The minimum Gasteiger partial charge on any atom is -0.495 e. The molecule has 0 aliphatic heterocycles. The third-order valence-corrected chi connectivity index (χ3v) is 2.90. The lowest BCUT2D eigenvalue weighted by molar-refractivity contribution is 0.353. The van der Waals surface area contributed by atoms with Crippen LogP contribution in [0.15, 0.2) is 24.3 Å². The summed E-state index contributed by atoms with van der Waals surface area (Å²) in [6.45, 7) is 0. The van der Waals surface area contributed by atoms with Gasteiger partial charge in [-0.15, -0.1) is 0 Å². The summed E-state index contributed by atoms with van der Waals surface area (Å²) in [5.74, 6) is 0.791. The van der Waals surface area contributed by atoms with Crippen LogP contribution in [0.3, 0.4) is 0 Å². The van der Waals surface area contributed by atoms with Crippen molar-refractivity contribution in [3.8, 4) is 11.8 Å². The highest BCUT2D eigenvalue weighted by Crippen LogP contribution is 2.37. The molecule has 1 N–H and O–H groups in total. The van der Waals surface area contributed by atoms with Gasteiger partial charge in [0.1, 0.15) is 11.3 Å². The Kier molecular flexibility index (Phi) is 2.51.